The number of aromatic nitrogens is 2. The molecule has 1 aliphatic rings. The summed E-state index contributed by atoms with van der Waals surface area (Å²) in [6.45, 7) is 4.83. The van der Waals surface area contributed by atoms with Crippen molar-refractivity contribution in [3.8, 4) is 17.2 Å². The number of carbonyl (C=O) groups is 1. The number of halogens is 1. The molecule has 0 aliphatic carbocycles. The molecular weight excluding hydrogens is 491 g/mol. The minimum absolute atomic E-state index is 0.0342. The van der Waals surface area contributed by atoms with Crippen LogP contribution in [-0.4, -0.2) is 82.7 Å². The summed E-state index contributed by atoms with van der Waals surface area (Å²) in [5.74, 6) is 1.29. The van der Waals surface area contributed by atoms with Crippen LogP contribution in [0.2, 0.25) is 0 Å². The van der Waals surface area contributed by atoms with Gasteiger partial charge in [0.25, 0.3) is 0 Å². The van der Waals surface area contributed by atoms with Gasteiger partial charge >= 0.3 is 0 Å². The van der Waals surface area contributed by atoms with E-state index >= 15 is 0 Å². The molecule has 4 rings (SSSR count). The summed E-state index contributed by atoms with van der Waals surface area (Å²) in [7, 11) is 1.61. The van der Waals surface area contributed by atoms with Gasteiger partial charge in [-0.05, 0) is 48.0 Å². The lowest BCUT2D eigenvalue weighted by Gasteiger charge is -2.32. The predicted molar refractivity (Wildman–Crippen MR) is 140 cm³/mol. The number of carbonyl (C=O) groups excluding carboxylic acids is 1. The lowest BCUT2D eigenvalue weighted by molar-refractivity contribution is -0.132. The van der Waals surface area contributed by atoms with Crippen molar-refractivity contribution in [2.45, 2.75) is 32.0 Å². The Hall–Kier alpha value is -3.63. The average Bonchev–Trinajstić information content (AvgIpc) is 3.36. The predicted octanol–water partition coefficient (Wildman–Crippen LogP) is 2.97. The zero-order valence-electron chi connectivity index (χ0n) is 21.9. The lowest BCUT2D eigenvalue weighted by atomic mass is 10.0. The van der Waals surface area contributed by atoms with E-state index in [1.807, 2.05) is 35.1 Å². The first-order chi connectivity index (χ1) is 18.3. The van der Waals surface area contributed by atoms with Crippen molar-refractivity contribution >= 4 is 5.91 Å². The van der Waals surface area contributed by atoms with Gasteiger partial charge in [0.05, 0.1) is 20.3 Å². The van der Waals surface area contributed by atoms with Crippen molar-refractivity contribution in [1.82, 2.24) is 19.6 Å². The highest BCUT2D eigenvalue weighted by molar-refractivity contribution is 5.73. The molecule has 3 aromatic rings. The van der Waals surface area contributed by atoms with Crippen LogP contribution in [0.4, 0.5) is 4.39 Å². The molecule has 0 bridgehead atoms. The number of ether oxygens (including phenoxy) is 3. The summed E-state index contributed by atoms with van der Waals surface area (Å²) in [4.78, 5) is 15.9. The van der Waals surface area contributed by atoms with Crippen molar-refractivity contribution in [1.29, 1.82) is 0 Å². The monoisotopic (exact) mass is 526 g/mol. The first-order valence-corrected chi connectivity index (χ1v) is 12.7. The highest BCUT2D eigenvalue weighted by Gasteiger charge is 2.37. The minimum atomic E-state index is -1.31. The number of hydrogen-bond donors (Lipinski definition) is 1. The number of nitrogens with zero attached hydrogens (tertiary/aromatic N) is 4. The van der Waals surface area contributed by atoms with Crippen LogP contribution in [0.15, 0.2) is 60.9 Å². The second-order valence-corrected chi connectivity index (χ2v) is 9.57. The second kappa shape index (κ2) is 12.7. The SMILES string of the molecule is COc1cc(CN2CCN(C(C)=O)CC(O)(COc3ccc(F)cc3)C2)ccc1OCCCn1cccn1. The Morgan fingerprint density at radius 3 is 2.63 bits per heavy atom. The molecule has 1 saturated heterocycles. The molecular formula is C28H35FN4O5. The number of benzene rings is 2. The van der Waals surface area contributed by atoms with E-state index in [0.29, 0.717) is 50.0 Å². The van der Waals surface area contributed by atoms with Crippen molar-refractivity contribution in [3.05, 3.63) is 72.3 Å². The van der Waals surface area contributed by atoms with Crippen LogP contribution in [0, 0.1) is 5.82 Å². The highest BCUT2D eigenvalue weighted by atomic mass is 19.1. The quantitative estimate of drug-likeness (QED) is 0.384. The normalized spacial score (nSPS) is 18.2. The number of aryl methyl sites for hydroxylation is 1. The Morgan fingerprint density at radius 2 is 1.92 bits per heavy atom. The largest absolute Gasteiger partial charge is 0.493 e. The molecule has 1 fully saturated rings. The molecule has 204 valence electrons. The molecule has 0 spiro atoms. The molecule has 1 aromatic heterocycles. The van der Waals surface area contributed by atoms with Crippen molar-refractivity contribution < 1.29 is 28.5 Å². The third-order valence-corrected chi connectivity index (χ3v) is 6.44. The zero-order valence-corrected chi connectivity index (χ0v) is 21.9. The van der Waals surface area contributed by atoms with Crippen LogP contribution in [0.1, 0.15) is 18.9 Å². The first kappa shape index (κ1) is 27.4. The van der Waals surface area contributed by atoms with Crippen LogP contribution in [0.25, 0.3) is 0 Å². The van der Waals surface area contributed by atoms with E-state index in [1.54, 1.807) is 18.2 Å². The topological polar surface area (TPSA) is 89.3 Å². The fourth-order valence-corrected chi connectivity index (χ4v) is 4.51. The van der Waals surface area contributed by atoms with E-state index in [9.17, 15) is 14.3 Å². The second-order valence-electron chi connectivity index (χ2n) is 9.57. The smallest absolute Gasteiger partial charge is 0.219 e. The van der Waals surface area contributed by atoms with Gasteiger partial charge in [-0.2, -0.15) is 5.10 Å². The number of methoxy groups -OCH3 is 1. The Bertz CT molecular complexity index is 1170. The minimum Gasteiger partial charge on any atom is -0.493 e. The molecule has 0 saturated carbocycles. The number of rotatable bonds is 11. The third kappa shape index (κ3) is 7.69. The van der Waals surface area contributed by atoms with Gasteiger partial charge in [0.1, 0.15) is 23.8 Å². The molecule has 1 atom stereocenters. The summed E-state index contributed by atoms with van der Waals surface area (Å²) in [6, 6.07) is 13.3. The van der Waals surface area contributed by atoms with E-state index in [1.165, 1.54) is 31.2 Å². The molecule has 9 nitrogen and oxygen atoms in total. The van der Waals surface area contributed by atoms with Gasteiger partial charge < -0.3 is 24.2 Å². The molecule has 0 radical (unpaired) electrons. The molecule has 1 N–H and O–H groups in total. The van der Waals surface area contributed by atoms with Crippen molar-refractivity contribution in [2.24, 2.45) is 0 Å². The fraction of sp³-hybridized carbons (Fsp3) is 0.429. The average molecular weight is 527 g/mol. The maximum Gasteiger partial charge on any atom is 0.219 e. The van der Waals surface area contributed by atoms with Crippen LogP contribution in [0.5, 0.6) is 17.2 Å². The summed E-state index contributed by atoms with van der Waals surface area (Å²) >= 11 is 0. The Balaban J connectivity index is 1.39. The van der Waals surface area contributed by atoms with Crippen LogP contribution in [0.3, 0.4) is 0 Å². The Kier molecular flexibility index (Phi) is 9.19. The Morgan fingerprint density at radius 1 is 1.11 bits per heavy atom. The van der Waals surface area contributed by atoms with Gasteiger partial charge in [0.2, 0.25) is 5.91 Å². The molecule has 10 heteroatoms. The molecule has 2 aromatic carbocycles. The molecule has 1 amide bonds. The third-order valence-electron chi connectivity index (χ3n) is 6.44. The van der Waals surface area contributed by atoms with Gasteiger partial charge in [0.15, 0.2) is 11.5 Å². The van der Waals surface area contributed by atoms with Gasteiger partial charge in [-0.15, -0.1) is 0 Å². The maximum atomic E-state index is 13.2. The van der Waals surface area contributed by atoms with Crippen LogP contribution >= 0.6 is 0 Å². The highest BCUT2D eigenvalue weighted by Crippen LogP contribution is 2.29. The standard InChI is InChI=1S/C28H35FN4O5/c1-22(34)32-15-14-31(19-28(35,20-32)21-38-25-8-6-24(29)7-9-25)18-23-5-10-26(27(17-23)36-2)37-16-4-13-33-12-3-11-30-33/h3,5-12,17,35H,4,13-16,18-21H2,1-2H3. The van der Waals surface area contributed by atoms with Gasteiger partial charge in [-0.1, -0.05) is 6.07 Å². The van der Waals surface area contributed by atoms with Gasteiger partial charge in [0, 0.05) is 58.5 Å². The first-order valence-electron chi connectivity index (χ1n) is 12.7. The van der Waals surface area contributed by atoms with Crippen molar-refractivity contribution in [3.63, 3.8) is 0 Å². The zero-order chi connectivity index (χ0) is 27.0. The Labute approximate surface area is 222 Å². The van der Waals surface area contributed by atoms with Crippen LogP contribution in [-0.2, 0) is 17.9 Å². The molecule has 1 aliphatic heterocycles. The van der Waals surface area contributed by atoms with Crippen molar-refractivity contribution in [2.75, 3.05) is 46.5 Å². The van der Waals surface area contributed by atoms with E-state index < -0.39 is 5.60 Å². The molecule has 2 heterocycles. The fourth-order valence-electron chi connectivity index (χ4n) is 4.51. The van der Waals surface area contributed by atoms with Crippen LogP contribution < -0.4 is 14.2 Å². The van der Waals surface area contributed by atoms with E-state index in [0.717, 1.165) is 18.5 Å². The number of β-amino-alcohol motifs (C(OH)–C–C–N with tert-alkyl or cyclic N) is 1. The summed E-state index contributed by atoms with van der Waals surface area (Å²) in [6.07, 6.45) is 4.49. The van der Waals surface area contributed by atoms with E-state index in [-0.39, 0.29) is 24.9 Å². The van der Waals surface area contributed by atoms with E-state index in [4.69, 9.17) is 14.2 Å². The molecule has 1 unspecified atom stereocenters. The van der Waals surface area contributed by atoms with Gasteiger partial charge in [-0.3, -0.25) is 14.4 Å². The van der Waals surface area contributed by atoms with Gasteiger partial charge in [-0.25, -0.2) is 4.39 Å². The number of hydrogen-bond acceptors (Lipinski definition) is 7. The molecule has 38 heavy (non-hydrogen) atoms. The summed E-state index contributed by atoms with van der Waals surface area (Å²) < 4.78 is 32.4. The van der Waals surface area contributed by atoms with E-state index in [2.05, 4.69) is 10.00 Å². The summed E-state index contributed by atoms with van der Waals surface area (Å²) in [5, 5.41) is 15.7. The lowest BCUT2D eigenvalue weighted by Crippen LogP contribution is -2.51. The number of aliphatic hydroxyl groups is 1. The number of amides is 1. The summed E-state index contributed by atoms with van der Waals surface area (Å²) in [5.41, 5.74) is -0.318. The maximum absolute atomic E-state index is 13.2.